The fourth-order valence-electron chi connectivity index (χ4n) is 4.09. The lowest BCUT2D eigenvalue weighted by Crippen LogP contribution is -2.36. The summed E-state index contributed by atoms with van der Waals surface area (Å²) >= 11 is 0. The number of nitrogens with zero attached hydrogens (tertiary/aromatic N) is 7. The van der Waals surface area contributed by atoms with Gasteiger partial charge in [0.25, 0.3) is 5.91 Å². The van der Waals surface area contributed by atoms with Gasteiger partial charge in [-0.3, -0.25) is 4.79 Å². The van der Waals surface area contributed by atoms with E-state index < -0.39 is 0 Å². The molecule has 1 saturated heterocycles. The number of anilines is 1. The molecule has 9 nitrogen and oxygen atoms in total. The Morgan fingerprint density at radius 3 is 2.61 bits per heavy atom. The molecule has 9 heteroatoms. The molecule has 1 aliphatic rings. The average Bonchev–Trinajstić information content (AvgIpc) is 3.44. The molecule has 0 spiro atoms. The molecule has 0 aliphatic carbocycles. The van der Waals surface area contributed by atoms with Gasteiger partial charge in [0.15, 0.2) is 11.5 Å². The van der Waals surface area contributed by atoms with Crippen molar-refractivity contribution in [3.8, 4) is 17.1 Å². The van der Waals surface area contributed by atoms with Crippen LogP contribution in [0.3, 0.4) is 0 Å². The fraction of sp³-hybridized carbons (Fsp3) is 0.333. The van der Waals surface area contributed by atoms with Crippen LogP contribution in [0.5, 0.6) is 0 Å². The van der Waals surface area contributed by atoms with Crippen molar-refractivity contribution in [2.24, 2.45) is 7.05 Å². The number of carbonyl (C=O) groups is 1. The van der Waals surface area contributed by atoms with Gasteiger partial charge in [-0.05, 0) is 19.1 Å². The highest BCUT2D eigenvalue weighted by Gasteiger charge is 2.24. The third-order valence-electron chi connectivity index (χ3n) is 5.88. The Kier molecular flexibility index (Phi) is 5.33. The SMILES string of the molecule is Cc1cccc(-c2ccn(-c3cc(N4CCOCC4)c4nc(C(=O)N(C)C)n(C)c4n3)n2)c1. The van der Waals surface area contributed by atoms with Gasteiger partial charge in [0.2, 0.25) is 5.82 Å². The van der Waals surface area contributed by atoms with Crippen LogP contribution in [0, 0.1) is 6.92 Å². The number of pyridine rings is 1. The second-order valence-electron chi connectivity index (χ2n) is 8.48. The van der Waals surface area contributed by atoms with E-state index in [9.17, 15) is 4.79 Å². The number of aromatic nitrogens is 5. The number of imidazole rings is 1. The van der Waals surface area contributed by atoms with Crippen molar-refractivity contribution in [1.29, 1.82) is 0 Å². The van der Waals surface area contributed by atoms with E-state index in [0.717, 1.165) is 30.0 Å². The molecule has 1 fully saturated rings. The summed E-state index contributed by atoms with van der Waals surface area (Å²) in [6, 6.07) is 12.2. The summed E-state index contributed by atoms with van der Waals surface area (Å²) in [4.78, 5) is 26.1. The van der Waals surface area contributed by atoms with Crippen LogP contribution in [0.2, 0.25) is 0 Å². The molecule has 1 aliphatic heterocycles. The number of hydrogen-bond acceptors (Lipinski definition) is 6. The molecule has 0 radical (unpaired) electrons. The summed E-state index contributed by atoms with van der Waals surface area (Å²) in [5.74, 6) is 0.871. The lowest BCUT2D eigenvalue weighted by molar-refractivity contribution is 0.0813. The Morgan fingerprint density at radius 1 is 1.09 bits per heavy atom. The topological polar surface area (TPSA) is 81.3 Å². The first kappa shape index (κ1) is 21.1. The zero-order valence-electron chi connectivity index (χ0n) is 19.3. The molecule has 0 unspecified atom stereocenters. The maximum absolute atomic E-state index is 12.7. The molecule has 0 N–H and O–H groups in total. The maximum Gasteiger partial charge on any atom is 0.289 e. The second kappa shape index (κ2) is 8.32. The number of benzene rings is 1. The number of fused-ring (bicyclic) bond motifs is 1. The summed E-state index contributed by atoms with van der Waals surface area (Å²) in [6.07, 6.45) is 1.91. The third-order valence-corrected chi connectivity index (χ3v) is 5.88. The Labute approximate surface area is 192 Å². The van der Waals surface area contributed by atoms with Crippen molar-refractivity contribution in [3.63, 3.8) is 0 Å². The molecule has 0 atom stereocenters. The summed E-state index contributed by atoms with van der Waals surface area (Å²) in [7, 11) is 5.27. The number of ether oxygens (including phenoxy) is 1. The number of rotatable bonds is 4. The van der Waals surface area contributed by atoms with Crippen molar-refractivity contribution < 1.29 is 9.53 Å². The van der Waals surface area contributed by atoms with E-state index in [2.05, 4.69) is 30.0 Å². The van der Waals surface area contributed by atoms with Gasteiger partial charge in [-0.1, -0.05) is 23.8 Å². The van der Waals surface area contributed by atoms with E-state index in [1.165, 1.54) is 10.5 Å². The van der Waals surface area contributed by atoms with Crippen LogP contribution in [0.4, 0.5) is 5.69 Å². The monoisotopic (exact) mass is 445 g/mol. The summed E-state index contributed by atoms with van der Waals surface area (Å²) in [6.45, 7) is 4.86. The molecule has 1 amide bonds. The standard InChI is InChI=1S/C24H27N7O2/c1-16-6-5-7-17(14-16)18-8-9-31(27-18)20-15-19(30-10-12-33-13-11-30)21-22(25-20)29(4)23(26-21)24(32)28(2)3/h5-9,14-15H,10-13H2,1-4H3. The van der Waals surface area contributed by atoms with Gasteiger partial charge in [0, 0.05) is 52.1 Å². The first-order valence-corrected chi connectivity index (χ1v) is 11.0. The Bertz CT molecular complexity index is 1330. The van der Waals surface area contributed by atoms with Gasteiger partial charge in [-0.25, -0.2) is 14.6 Å². The quantitative estimate of drug-likeness (QED) is 0.480. The van der Waals surface area contributed by atoms with Crippen LogP contribution in [-0.4, -0.2) is 75.5 Å². The van der Waals surface area contributed by atoms with E-state index in [1.807, 2.05) is 31.4 Å². The molecular weight excluding hydrogens is 418 g/mol. The van der Waals surface area contributed by atoms with E-state index in [0.29, 0.717) is 36.0 Å². The summed E-state index contributed by atoms with van der Waals surface area (Å²) in [5, 5.41) is 4.79. The summed E-state index contributed by atoms with van der Waals surface area (Å²) < 4.78 is 9.09. The molecule has 33 heavy (non-hydrogen) atoms. The van der Waals surface area contributed by atoms with Crippen molar-refractivity contribution in [2.75, 3.05) is 45.3 Å². The first-order chi connectivity index (χ1) is 15.9. The minimum Gasteiger partial charge on any atom is -0.378 e. The Morgan fingerprint density at radius 2 is 1.88 bits per heavy atom. The van der Waals surface area contributed by atoms with Gasteiger partial charge in [-0.2, -0.15) is 5.10 Å². The molecule has 3 aromatic heterocycles. The van der Waals surface area contributed by atoms with Crippen LogP contribution in [0.25, 0.3) is 28.2 Å². The number of aryl methyl sites for hydroxylation is 2. The molecule has 0 bridgehead atoms. The maximum atomic E-state index is 12.7. The predicted octanol–water partition coefficient (Wildman–Crippen LogP) is 2.67. The molecule has 1 aromatic carbocycles. The zero-order valence-corrected chi connectivity index (χ0v) is 19.3. The van der Waals surface area contributed by atoms with Crippen LogP contribution in [0.1, 0.15) is 16.2 Å². The van der Waals surface area contributed by atoms with Gasteiger partial charge < -0.3 is 19.1 Å². The van der Waals surface area contributed by atoms with Crippen molar-refractivity contribution in [3.05, 3.63) is 54.0 Å². The Balaban J connectivity index is 1.65. The highest BCUT2D eigenvalue weighted by Crippen LogP contribution is 2.29. The lowest BCUT2D eigenvalue weighted by Gasteiger charge is -2.29. The minimum atomic E-state index is -0.161. The smallest absolute Gasteiger partial charge is 0.289 e. The van der Waals surface area contributed by atoms with E-state index in [4.69, 9.17) is 19.8 Å². The highest BCUT2D eigenvalue weighted by atomic mass is 16.5. The second-order valence-corrected chi connectivity index (χ2v) is 8.48. The highest BCUT2D eigenvalue weighted by molar-refractivity contribution is 5.97. The van der Waals surface area contributed by atoms with Crippen LogP contribution >= 0.6 is 0 Å². The molecule has 170 valence electrons. The molecule has 5 rings (SSSR count). The number of amides is 1. The number of carbonyl (C=O) groups excluding carboxylic acids is 1. The van der Waals surface area contributed by atoms with Crippen LogP contribution in [0.15, 0.2) is 42.6 Å². The minimum absolute atomic E-state index is 0.161. The first-order valence-electron chi connectivity index (χ1n) is 11.0. The van der Waals surface area contributed by atoms with Gasteiger partial charge in [0.1, 0.15) is 5.52 Å². The molecule has 4 aromatic rings. The summed E-state index contributed by atoms with van der Waals surface area (Å²) in [5.41, 5.74) is 5.40. The third kappa shape index (κ3) is 3.84. The van der Waals surface area contributed by atoms with Crippen LogP contribution < -0.4 is 4.90 Å². The number of hydrogen-bond donors (Lipinski definition) is 0. The van der Waals surface area contributed by atoms with Gasteiger partial charge >= 0.3 is 0 Å². The van der Waals surface area contributed by atoms with Crippen molar-refractivity contribution in [2.45, 2.75) is 6.92 Å². The van der Waals surface area contributed by atoms with Crippen molar-refractivity contribution >= 4 is 22.8 Å². The Hall–Kier alpha value is -3.72. The van der Waals surface area contributed by atoms with Gasteiger partial charge in [-0.15, -0.1) is 0 Å². The largest absolute Gasteiger partial charge is 0.378 e. The fourth-order valence-corrected chi connectivity index (χ4v) is 4.09. The number of morpholine rings is 1. The van der Waals surface area contributed by atoms with E-state index in [-0.39, 0.29) is 5.91 Å². The molecular formula is C24H27N7O2. The predicted molar refractivity (Wildman–Crippen MR) is 127 cm³/mol. The van der Waals surface area contributed by atoms with E-state index in [1.54, 1.807) is 23.3 Å². The van der Waals surface area contributed by atoms with E-state index >= 15 is 0 Å². The normalized spacial score (nSPS) is 14.1. The van der Waals surface area contributed by atoms with Crippen molar-refractivity contribution in [1.82, 2.24) is 29.2 Å². The zero-order chi connectivity index (χ0) is 23.1. The van der Waals surface area contributed by atoms with Crippen LogP contribution in [-0.2, 0) is 11.8 Å². The molecule has 4 heterocycles. The van der Waals surface area contributed by atoms with Gasteiger partial charge in [0.05, 0.1) is 24.6 Å². The average molecular weight is 446 g/mol. The molecule has 0 saturated carbocycles. The lowest BCUT2D eigenvalue weighted by atomic mass is 10.1.